The summed E-state index contributed by atoms with van der Waals surface area (Å²) in [6.45, 7) is 4.83. The van der Waals surface area contributed by atoms with Gasteiger partial charge in [0, 0.05) is 5.92 Å². The SMILES string of the molecule is CC1CCC(CCC2CCCCC2C=O)CC1C. The minimum absolute atomic E-state index is 0.388. The van der Waals surface area contributed by atoms with Crippen LogP contribution in [0.2, 0.25) is 0 Å². The summed E-state index contributed by atoms with van der Waals surface area (Å²) in [5.41, 5.74) is 0. The maximum atomic E-state index is 11.1. The third-order valence-electron chi connectivity index (χ3n) is 5.80. The Bertz CT molecular complexity index is 260. The molecule has 2 rings (SSSR count). The largest absolute Gasteiger partial charge is 0.303 e. The van der Waals surface area contributed by atoms with Crippen molar-refractivity contribution in [2.45, 2.75) is 71.6 Å². The first-order valence-electron chi connectivity index (χ1n) is 8.16. The van der Waals surface area contributed by atoms with Gasteiger partial charge < -0.3 is 4.79 Å². The molecule has 5 unspecified atom stereocenters. The molecule has 0 aliphatic heterocycles. The number of hydrogen-bond donors (Lipinski definition) is 0. The molecule has 0 aromatic heterocycles. The van der Waals surface area contributed by atoms with Crippen molar-refractivity contribution in [1.82, 2.24) is 0 Å². The summed E-state index contributed by atoms with van der Waals surface area (Å²) in [6, 6.07) is 0. The number of rotatable bonds is 4. The molecule has 0 radical (unpaired) electrons. The van der Waals surface area contributed by atoms with Crippen molar-refractivity contribution in [3.63, 3.8) is 0 Å². The molecule has 18 heavy (non-hydrogen) atoms. The average Bonchev–Trinajstić information content (AvgIpc) is 2.40. The van der Waals surface area contributed by atoms with Gasteiger partial charge in [-0.25, -0.2) is 0 Å². The van der Waals surface area contributed by atoms with E-state index in [4.69, 9.17) is 0 Å². The van der Waals surface area contributed by atoms with E-state index in [2.05, 4.69) is 13.8 Å². The topological polar surface area (TPSA) is 17.1 Å². The molecular weight excluding hydrogens is 220 g/mol. The highest BCUT2D eigenvalue weighted by Gasteiger charge is 2.28. The van der Waals surface area contributed by atoms with Crippen molar-refractivity contribution >= 4 is 6.29 Å². The van der Waals surface area contributed by atoms with Crippen LogP contribution in [0.4, 0.5) is 0 Å². The van der Waals surface area contributed by atoms with Gasteiger partial charge in [0.15, 0.2) is 0 Å². The fraction of sp³-hybridized carbons (Fsp3) is 0.941. The van der Waals surface area contributed by atoms with Crippen LogP contribution in [0.15, 0.2) is 0 Å². The first-order valence-corrected chi connectivity index (χ1v) is 8.16. The maximum Gasteiger partial charge on any atom is 0.123 e. The van der Waals surface area contributed by atoms with Gasteiger partial charge in [-0.2, -0.15) is 0 Å². The summed E-state index contributed by atoms with van der Waals surface area (Å²) in [6.07, 6.45) is 13.3. The van der Waals surface area contributed by atoms with Crippen molar-refractivity contribution in [1.29, 1.82) is 0 Å². The molecule has 2 saturated carbocycles. The molecule has 0 N–H and O–H groups in total. The van der Waals surface area contributed by atoms with Gasteiger partial charge in [0.25, 0.3) is 0 Å². The van der Waals surface area contributed by atoms with Crippen molar-refractivity contribution in [2.24, 2.45) is 29.6 Å². The van der Waals surface area contributed by atoms with E-state index in [1.54, 1.807) is 0 Å². The van der Waals surface area contributed by atoms with Crippen LogP contribution in [-0.2, 0) is 4.79 Å². The smallest absolute Gasteiger partial charge is 0.123 e. The third kappa shape index (κ3) is 3.59. The van der Waals surface area contributed by atoms with E-state index >= 15 is 0 Å². The Hall–Kier alpha value is -0.330. The molecule has 5 atom stereocenters. The lowest BCUT2D eigenvalue weighted by Gasteiger charge is -2.34. The second-order valence-corrected chi connectivity index (χ2v) is 7.06. The lowest BCUT2D eigenvalue weighted by molar-refractivity contribution is -0.113. The van der Waals surface area contributed by atoms with Gasteiger partial charge in [-0.3, -0.25) is 0 Å². The second kappa shape index (κ2) is 6.73. The van der Waals surface area contributed by atoms with Crippen molar-refractivity contribution in [2.75, 3.05) is 0 Å². The molecular formula is C17H30O. The molecule has 0 amide bonds. The Labute approximate surface area is 113 Å². The molecule has 0 saturated heterocycles. The normalized spacial score (nSPS) is 41.6. The van der Waals surface area contributed by atoms with Crippen molar-refractivity contribution < 1.29 is 4.79 Å². The van der Waals surface area contributed by atoms with E-state index < -0.39 is 0 Å². The Morgan fingerprint density at radius 3 is 2.44 bits per heavy atom. The van der Waals surface area contributed by atoms with Crippen molar-refractivity contribution in [3.8, 4) is 0 Å². The highest BCUT2D eigenvalue weighted by Crippen LogP contribution is 2.38. The Balaban J connectivity index is 1.75. The van der Waals surface area contributed by atoms with Crippen LogP contribution in [0, 0.1) is 29.6 Å². The highest BCUT2D eigenvalue weighted by atomic mass is 16.1. The minimum atomic E-state index is 0.388. The predicted molar refractivity (Wildman–Crippen MR) is 76.4 cm³/mol. The quantitative estimate of drug-likeness (QED) is 0.652. The summed E-state index contributed by atoms with van der Waals surface area (Å²) < 4.78 is 0. The molecule has 2 aliphatic carbocycles. The molecule has 104 valence electrons. The summed E-state index contributed by atoms with van der Waals surface area (Å²) >= 11 is 0. The first-order chi connectivity index (χ1) is 8.70. The number of hydrogen-bond acceptors (Lipinski definition) is 1. The monoisotopic (exact) mass is 250 g/mol. The molecule has 0 bridgehead atoms. The Kier molecular flexibility index (Phi) is 5.26. The second-order valence-electron chi connectivity index (χ2n) is 7.06. The van der Waals surface area contributed by atoms with E-state index in [1.165, 1.54) is 57.7 Å². The van der Waals surface area contributed by atoms with Crippen LogP contribution in [-0.4, -0.2) is 6.29 Å². The summed E-state index contributed by atoms with van der Waals surface area (Å²) in [5, 5.41) is 0. The van der Waals surface area contributed by atoms with Gasteiger partial charge in [-0.15, -0.1) is 0 Å². The van der Waals surface area contributed by atoms with Crippen LogP contribution in [0.1, 0.15) is 71.6 Å². The van der Waals surface area contributed by atoms with Crippen LogP contribution >= 0.6 is 0 Å². The van der Waals surface area contributed by atoms with Crippen LogP contribution < -0.4 is 0 Å². The molecule has 1 nitrogen and oxygen atoms in total. The van der Waals surface area contributed by atoms with Gasteiger partial charge in [-0.05, 0) is 49.4 Å². The zero-order valence-corrected chi connectivity index (χ0v) is 12.2. The van der Waals surface area contributed by atoms with Gasteiger partial charge in [0.05, 0.1) is 0 Å². The standard InChI is InChI=1S/C17H30O/c1-13-7-8-15(11-14(13)2)9-10-16-5-3-4-6-17(16)12-18/h12-17H,3-11H2,1-2H3. The fourth-order valence-electron chi connectivity index (χ4n) is 4.14. The lowest BCUT2D eigenvalue weighted by Crippen LogP contribution is -2.24. The van der Waals surface area contributed by atoms with Gasteiger partial charge >= 0.3 is 0 Å². The maximum absolute atomic E-state index is 11.1. The minimum Gasteiger partial charge on any atom is -0.303 e. The molecule has 2 aliphatic rings. The fourth-order valence-corrected chi connectivity index (χ4v) is 4.14. The molecule has 0 spiro atoms. The van der Waals surface area contributed by atoms with E-state index in [9.17, 15) is 4.79 Å². The summed E-state index contributed by atoms with van der Waals surface area (Å²) in [7, 11) is 0. The third-order valence-corrected chi connectivity index (χ3v) is 5.80. The van der Waals surface area contributed by atoms with Gasteiger partial charge in [0.1, 0.15) is 6.29 Å². The van der Waals surface area contributed by atoms with Crippen LogP contribution in [0.25, 0.3) is 0 Å². The molecule has 0 aromatic rings. The van der Waals surface area contributed by atoms with Gasteiger partial charge in [-0.1, -0.05) is 46.0 Å². The van der Waals surface area contributed by atoms with E-state index in [0.29, 0.717) is 11.8 Å². The number of carbonyl (C=O) groups excluding carboxylic acids is 1. The first kappa shape index (κ1) is 14.1. The highest BCUT2D eigenvalue weighted by molar-refractivity contribution is 5.54. The van der Waals surface area contributed by atoms with Crippen LogP contribution in [0.5, 0.6) is 0 Å². The molecule has 0 aromatic carbocycles. The predicted octanol–water partition coefficient (Wildman–Crippen LogP) is 4.84. The number of carbonyl (C=O) groups is 1. The molecule has 0 heterocycles. The van der Waals surface area contributed by atoms with E-state index in [1.807, 2.05) is 0 Å². The summed E-state index contributed by atoms with van der Waals surface area (Å²) in [4.78, 5) is 11.1. The Morgan fingerprint density at radius 2 is 1.72 bits per heavy atom. The molecule has 2 fully saturated rings. The van der Waals surface area contributed by atoms with Crippen LogP contribution in [0.3, 0.4) is 0 Å². The number of aldehydes is 1. The van der Waals surface area contributed by atoms with E-state index in [0.717, 1.165) is 24.2 Å². The summed E-state index contributed by atoms with van der Waals surface area (Å²) in [5.74, 6) is 3.89. The average molecular weight is 250 g/mol. The van der Waals surface area contributed by atoms with Crippen molar-refractivity contribution in [3.05, 3.63) is 0 Å². The van der Waals surface area contributed by atoms with Gasteiger partial charge in [0.2, 0.25) is 0 Å². The Morgan fingerprint density at radius 1 is 0.944 bits per heavy atom. The van der Waals surface area contributed by atoms with E-state index in [-0.39, 0.29) is 0 Å². The lowest BCUT2D eigenvalue weighted by atomic mass is 9.71. The molecule has 1 heteroatoms. The zero-order chi connectivity index (χ0) is 13.0. The zero-order valence-electron chi connectivity index (χ0n) is 12.2.